The van der Waals surface area contributed by atoms with Crippen LogP contribution in [0.4, 0.5) is 0 Å². The molecule has 10 unspecified atom stereocenters. The van der Waals surface area contributed by atoms with Crippen molar-refractivity contribution in [2.45, 2.75) is 130 Å². The average Bonchev–Trinajstić information content (AvgIpc) is 3.25. The molecular weight excluding hydrogens is 492 g/mol. The minimum Gasteiger partial charge on any atom is -0.479 e. The van der Waals surface area contributed by atoms with Gasteiger partial charge in [-0.05, 0) is 104 Å². The van der Waals surface area contributed by atoms with E-state index in [2.05, 4.69) is 47.6 Å². The summed E-state index contributed by atoms with van der Waals surface area (Å²) in [4.78, 5) is 23.2. The van der Waals surface area contributed by atoms with E-state index in [0.29, 0.717) is 24.2 Å². The van der Waals surface area contributed by atoms with Crippen LogP contribution >= 0.6 is 0 Å². The third-order valence-electron chi connectivity index (χ3n) is 12.4. The van der Waals surface area contributed by atoms with Crippen LogP contribution in [0.2, 0.25) is 0 Å². The number of carboxylic acids is 1. The number of carbonyl (C=O) groups excluding carboxylic acids is 1. The van der Waals surface area contributed by atoms with Crippen molar-refractivity contribution in [1.29, 1.82) is 0 Å². The van der Waals surface area contributed by atoms with Gasteiger partial charge < -0.3 is 20.1 Å². The standard InChI is InChI=1S/C33H54O6/c1-7-21(19(2)3)9-8-20(4)25-12-13-26-24-11-10-22-18-23(39-31(38)29(35)28(34)30(36)37)14-16-32(22,5)27(24)15-17-33(25,26)6/h10,19-21,23-29,34-35H,7-9,11-18H2,1-6H3,(H,36,37)/t20?,21-,23?,24?,25?,26?,27?,28?,29?,32?,33?/m1/s1. The van der Waals surface area contributed by atoms with Crippen LogP contribution in [0.15, 0.2) is 11.6 Å². The zero-order valence-electron chi connectivity index (χ0n) is 25.2. The Hall–Kier alpha value is -1.40. The Balaban J connectivity index is 1.41. The molecule has 0 amide bonds. The lowest BCUT2D eigenvalue weighted by atomic mass is 9.47. The maximum Gasteiger partial charge on any atom is 0.338 e. The van der Waals surface area contributed by atoms with Crippen molar-refractivity contribution in [1.82, 2.24) is 0 Å². The summed E-state index contributed by atoms with van der Waals surface area (Å²) in [7, 11) is 0. The molecular formula is C33H54O6. The van der Waals surface area contributed by atoms with Crippen molar-refractivity contribution >= 4 is 11.9 Å². The molecule has 0 heterocycles. The van der Waals surface area contributed by atoms with Gasteiger partial charge in [0.2, 0.25) is 0 Å². The van der Waals surface area contributed by atoms with Gasteiger partial charge in [0.1, 0.15) is 6.10 Å². The number of fused-ring (bicyclic) bond motifs is 5. The molecule has 4 aliphatic carbocycles. The lowest BCUT2D eigenvalue weighted by molar-refractivity contribution is -0.175. The molecule has 4 aliphatic rings. The van der Waals surface area contributed by atoms with E-state index in [-0.39, 0.29) is 11.5 Å². The highest BCUT2D eigenvalue weighted by Crippen LogP contribution is 2.67. The predicted octanol–water partition coefficient (Wildman–Crippen LogP) is 6.38. The lowest BCUT2D eigenvalue weighted by Crippen LogP contribution is -2.51. The number of aliphatic hydroxyl groups excluding tert-OH is 2. The summed E-state index contributed by atoms with van der Waals surface area (Å²) in [6, 6.07) is 0. The third kappa shape index (κ3) is 5.71. The minimum atomic E-state index is -2.17. The van der Waals surface area contributed by atoms with Gasteiger partial charge in [-0.25, -0.2) is 9.59 Å². The van der Waals surface area contributed by atoms with Gasteiger partial charge in [-0.3, -0.25) is 0 Å². The molecule has 222 valence electrons. The Kier molecular flexibility index (Phi) is 9.27. The number of allylic oxidation sites excluding steroid dienone is 1. The van der Waals surface area contributed by atoms with Crippen molar-refractivity contribution in [3.8, 4) is 0 Å². The summed E-state index contributed by atoms with van der Waals surface area (Å²) in [5.41, 5.74) is 1.92. The van der Waals surface area contributed by atoms with Crippen LogP contribution in [-0.2, 0) is 14.3 Å². The molecule has 0 aromatic carbocycles. The molecule has 39 heavy (non-hydrogen) atoms. The first-order valence-electron chi connectivity index (χ1n) is 15.8. The van der Waals surface area contributed by atoms with Crippen LogP contribution in [0, 0.1) is 52.3 Å². The van der Waals surface area contributed by atoms with E-state index in [1.165, 1.54) is 50.5 Å². The van der Waals surface area contributed by atoms with Crippen LogP contribution in [-0.4, -0.2) is 45.6 Å². The zero-order chi connectivity index (χ0) is 28.7. The lowest BCUT2D eigenvalue weighted by Gasteiger charge is -2.58. The second-order valence-corrected chi connectivity index (χ2v) is 14.5. The largest absolute Gasteiger partial charge is 0.479 e. The molecule has 0 bridgehead atoms. The SMILES string of the molecule is CC[C@H](CCC(C)C1CCC2C3CC=C4CC(OC(=O)C(O)C(O)C(=O)O)CCC4(C)C3CCC12C)C(C)C. The van der Waals surface area contributed by atoms with Crippen molar-refractivity contribution < 1.29 is 29.6 Å². The Morgan fingerprint density at radius 1 is 1.00 bits per heavy atom. The van der Waals surface area contributed by atoms with Gasteiger partial charge in [-0.15, -0.1) is 0 Å². The molecule has 0 saturated heterocycles. The number of aliphatic carboxylic acids is 1. The van der Waals surface area contributed by atoms with Crippen LogP contribution < -0.4 is 0 Å². The summed E-state index contributed by atoms with van der Waals surface area (Å²) in [5, 5.41) is 28.3. The van der Waals surface area contributed by atoms with Crippen molar-refractivity contribution in [2.24, 2.45) is 52.3 Å². The van der Waals surface area contributed by atoms with Gasteiger partial charge in [0.15, 0.2) is 12.2 Å². The Bertz CT molecular complexity index is 927. The molecule has 3 saturated carbocycles. The van der Waals surface area contributed by atoms with E-state index >= 15 is 0 Å². The van der Waals surface area contributed by atoms with Crippen LogP contribution in [0.25, 0.3) is 0 Å². The Morgan fingerprint density at radius 2 is 1.72 bits per heavy atom. The number of rotatable bonds is 10. The Labute approximate surface area is 236 Å². The number of aliphatic hydroxyl groups is 2. The first-order chi connectivity index (χ1) is 18.3. The second kappa shape index (κ2) is 11.8. The topological polar surface area (TPSA) is 104 Å². The summed E-state index contributed by atoms with van der Waals surface area (Å²) in [6.45, 7) is 14.7. The number of carbonyl (C=O) groups is 2. The Morgan fingerprint density at radius 3 is 2.36 bits per heavy atom. The van der Waals surface area contributed by atoms with Gasteiger partial charge >= 0.3 is 11.9 Å². The van der Waals surface area contributed by atoms with Gasteiger partial charge in [-0.2, -0.15) is 0 Å². The van der Waals surface area contributed by atoms with Gasteiger partial charge in [0.25, 0.3) is 0 Å². The number of hydrogen-bond acceptors (Lipinski definition) is 5. The molecule has 0 aromatic heterocycles. The molecule has 6 nitrogen and oxygen atoms in total. The molecule has 6 heteroatoms. The highest BCUT2D eigenvalue weighted by atomic mass is 16.6. The quantitative estimate of drug-likeness (QED) is 0.217. The first-order valence-corrected chi connectivity index (χ1v) is 15.8. The predicted molar refractivity (Wildman–Crippen MR) is 152 cm³/mol. The van der Waals surface area contributed by atoms with E-state index in [1.807, 2.05) is 0 Å². The van der Waals surface area contributed by atoms with Gasteiger partial charge in [0, 0.05) is 6.42 Å². The summed E-state index contributed by atoms with van der Waals surface area (Å²) < 4.78 is 5.49. The number of ether oxygens (including phenoxy) is 1. The van der Waals surface area contributed by atoms with Crippen LogP contribution in [0.3, 0.4) is 0 Å². The van der Waals surface area contributed by atoms with E-state index in [0.717, 1.165) is 48.3 Å². The maximum absolute atomic E-state index is 12.3. The minimum absolute atomic E-state index is 0.113. The van der Waals surface area contributed by atoms with Crippen LogP contribution in [0.1, 0.15) is 112 Å². The summed E-state index contributed by atoms with van der Waals surface area (Å²) >= 11 is 0. The number of esters is 1. The fourth-order valence-corrected chi connectivity index (χ4v) is 9.89. The van der Waals surface area contributed by atoms with Crippen molar-refractivity contribution in [3.05, 3.63) is 11.6 Å². The maximum atomic E-state index is 12.3. The van der Waals surface area contributed by atoms with E-state index in [4.69, 9.17) is 9.84 Å². The monoisotopic (exact) mass is 546 g/mol. The number of carboxylic acid groups (broad SMARTS) is 1. The fraction of sp³-hybridized carbons (Fsp3) is 0.879. The van der Waals surface area contributed by atoms with Gasteiger partial charge in [0.05, 0.1) is 0 Å². The molecule has 3 N–H and O–H groups in total. The van der Waals surface area contributed by atoms with E-state index in [1.54, 1.807) is 0 Å². The molecule has 4 rings (SSSR count). The first kappa shape index (κ1) is 30.6. The second-order valence-electron chi connectivity index (χ2n) is 14.5. The summed E-state index contributed by atoms with van der Waals surface area (Å²) in [5.74, 6) is 2.71. The fourth-order valence-electron chi connectivity index (χ4n) is 9.89. The third-order valence-corrected chi connectivity index (χ3v) is 12.4. The molecule has 0 radical (unpaired) electrons. The van der Waals surface area contributed by atoms with E-state index in [9.17, 15) is 19.8 Å². The van der Waals surface area contributed by atoms with Crippen molar-refractivity contribution in [2.75, 3.05) is 0 Å². The highest BCUT2D eigenvalue weighted by molar-refractivity contribution is 5.84. The van der Waals surface area contributed by atoms with E-state index < -0.39 is 24.1 Å². The molecule has 3 fully saturated rings. The van der Waals surface area contributed by atoms with Crippen molar-refractivity contribution in [3.63, 3.8) is 0 Å². The molecule has 11 atom stereocenters. The average molecular weight is 547 g/mol. The molecule has 0 aromatic rings. The number of hydrogen-bond donors (Lipinski definition) is 3. The smallest absolute Gasteiger partial charge is 0.338 e. The van der Waals surface area contributed by atoms with Crippen LogP contribution in [0.5, 0.6) is 0 Å². The summed E-state index contributed by atoms with van der Waals surface area (Å²) in [6.07, 6.45) is 10.5. The highest BCUT2D eigenvalue weighted by Gasteiger charge is 2.59. The van der Waals surface area contributed by atoms with Gasteiger partial charge in [-0.1, -0.05) is 66.0 Å². The molecule has 0 aliphatic heterocycles. The molecule has 0 spiro atoms. The zero-order valence-corrected chi connectivity index (χ0v) is 25.2. The normalized spacial score (nSPS) is 39.0.